The van der Waals surface area contributed by atoms with Crippen molar-refractivity contribution in [3.05, 3.63) is 30.3 Å². The van der Waals surface area contributed by atoms with Crippen LogP contribution in [0.15, 0.2) is 40.7 Å². The number of para-hydroxylation sites is 1. The van der Waals surface area contributed by atoms with Crippen LogP contribution in [0.5, 0.6) is 0 Å². The van der Waals surface area contributed by atoms with Gasteiger partial charge in [0.05, 0.1) is 5.69 Å². The Morgan fingerprint density at radius 3 is 2.38 bits per heavy atom. The highest BCUT2D eigenvalue weighted by molar-refractivity contribution is 5.47. The summed E-state index contributed by atoms with van der Waals surface area (Å²) in [6.07, 6.45) is 0.162. The Hall–Kier alpha value is -1.42. The lowest BCUT2D eigenvalue weighted by molar-refractivity contribution is 0.223. The summed E-state index contributed by atoms with van der Waals surface area (Å²) < 4.78 is 0. The second-order valence-corrected chi connectivity index (χ2v) is 4.86. The molecule has 16 heavy (non-hydrogen) atoms. The predicted molar refractivity (Wildman–Crippen MR) is 65.3 cm³/mol. The Labute approximate surface area is 96.6 Å². The highest BCUT2D eigenvalue weighted by atomic mass is 15.7. The number of hydrogen-bond acceptors (Lipinski definition) is 4. The topological polar surface area (TPSA) is 31.2 Å². The molecule has 0 saturated carbocycles. The quantitative estimate of drug-likeness (QED) is 0.764. The van der Waals surface area contributed by atoms with E-state index in [9.17, 15) is 0 Å². The SMILES string of the molecule is CN(C)C1N(c2ccccc2)N=NC1(C)C. The van der Waals surface area contributed by atoms with E-state index in [-0.39, 0.29) is 11.7 Å². The molecule has 2 rings (SSSR count). The lowest BCUT2D eigenvalue weighted by Crippen LogP contribution is -2.50. The van der Waals surface area contributed by atoms with Gasteiger partial charge in [0, 0.05) is 0 Å². The molecule has 0 aromatic heterocycles. The van der Waals surface area contributed by atoms with Crippen molar-refractivity contribution < 1.29 is 0 Å². The normalized spacial score (nSPS) is 23.1. The summed E-state index contributed by atoms with van der Waals surface area (Å²) in [5, 5.41) is 10.6. The fourth-order valence-electron chi connectivity index (χ4n) is 2.19. The van der Waals surface area contributed by atoms with Crippen LogP contribution in [0.25, 0.3) is 0 Å². The fourth-order valence-corrected chi connectivity index (χ4v) is 2.19. The largest absolute Gasteiger partial charge is 0.286 e. The monoisotopic (exact) mass is 218 g/mol. The van der Waals surface area contributed by atoms with Gasteiger partial charge in [-0.05, 0) is 40.1 Å². The molecular formula is C12H18N4. The van der Waals surface area contributed by atoms with Crippen LogP contribution >= 0.6 is 0 Å². The second-order valence-electron chi connectivity index (χ2n) is 4.86. The summed E-state index contributed by atoms with van der Waals surface area (Å²) in [5.74, 6) is 0. The number of anilines is 1. The highest BCUT2D eigenvalue weighted by Crippen LogP contribution is 2.33. The molecule has 0 saturated heterocycles. The summed E-state index contributed by atoms with van der Waals surface area (Å²) in [5.41, 5.74) is 0.898. The number of likely N-dealkylation sites (N-methyl/N-ethyl adjacent to an activating group) is 1. The van der Waals surface area contributed by atoms with Gasteiger partial charge >= 0.3 is 0 Å². The average Bonchev–Trinajstić information content (AvgIpc) is 2.55. The van der Waals surface area contributed by atoms with E-state index in [1.165, 1.54) is 0 Å². The molecule has 1 aliphatic rings. The van der Waals surface area contributed by atoms with E-state index in [2.05, 4.69) is 55.3 Å². The first-order chi connectivity index (χ1) is 7.52. The molecule has 0 spiro atoms. The minimum atomic E-state index is -0.181. The first-order valence-corrected chi connectivity index (χ1v) is 5.46. The van der Waals surface area contributed by atoms with Crippen molar-refractivity contribution in [2.45, 2.75) is 25.6 Å². The van der Waals surface area contributed by atoms with E-state index in [0.29, 0.717) is 0 Å². The predicted octanol–water partition coefficient (Wildman–Crippen LogP) is 2.54. The molecule has 0 aliphatic carbocycles. The summed E-state index contributed by atoms with van der Waals surface area (Å²) >= 11 is 0. The van der Waals surface area contributed by atoms with Crippen LogP contribution < -0.4 is 5.01 Å². The Kier molecular flexibility index (Phi) is 2.68. The van der Waals surface area contributed by atoms with Gasteiger partial charge in [0.15, 0.2) is 0 Å². The maximum Gasteiger partial charge on any atom is 0.132 e. The molecule has 0 amide bonds. The Morgan fingerprint density at radius 1 is 1.19 bits per heavy atom. The fraction of sp³-hybridized carbons (Fsp3) is 0.500. The molecule has 86 valence electrons. The van der Waals surface area contributed by atoms with Crippen molar-refractivity contribution in [2.75, 3.05) is 19.1 Å². The van der Waals surface area contributed by atoms with E-state index >= 15 is 0 Å². The van der Waals surface area contributed by atoms with Crippen molar-refractivity contribution >= 4 is 5.69 Å². The lowest BCUT2D eigenvalue weighted by Gasteiger charge is -2.34. The average molecular weight is 218 g/mol. The van der Waals surface area contributed by atoms with E-state index in [1.54, 1.807) is 0 Å². The molecule has 0 N–H and O–H groups in total. The third-order valence-corrected chi connectivity index (χ3v) is 2.77. The van der Waals surface area contributed by atoms with Crippen LogP contribution in [0.4, 0.5) is 5.69 Å². The van der Waals surface area contributed by atoms with E-state index in [4.69, 9.17) is 0 Å². The smallest absolute Gasteiger partial charge is 0.132 e. The highest BCUT2D eigenvalue weighted by Gasteiger charge is 2.41. The van der Waals surface area contributed by atoms with Crippen molar-refractivity contribution in [3.63, 3.8) is 0 Å². The van der Waals surface area contributed by atoms with Gasteiger partial charge in [-0.15, -0.1) is 0 Å². The number of benzene rings is 1. The van der Waals surface area contributed by atoms with E-state index in [0.717, 1.165) is 5.69 Å². The Bertz CT molecular complexity index is 383. The van der Waals surface area contributed by atoms with Gasteiger partial charge in [0.1, 0.15) is 11.7 Å². The minimum Gasteiger partial charge on any atom is -0.286 e. The zero-order valence-electron chi connectivity index (χ0n) is 10.3. The molecule has 0 fully saturated rings. The van der Waals surface area contributed by atoms with Crippen LogP contribution in [0.2, 0.25) is 0 Å². The number of nitrogens with zero attached hydrogens (tertiary/aromatic N) is 4. The summed E-state index contributed by atoms with van der Waals surface area (Å²) in [6, 6.07) is 10.1. The van der Waals surface area contributed by atoms with Crippen LogP contribution in [-0.2, 0) is 0 Å². The van der Waals surface area contributed by atoms with Gasteiger partial charge in [-0.3, -0.25) is 4.90 Å². The van der Waals surface area contributed by atoms with Gasteiger partial charge in [-0.2, -0.15) is 5.11 Å². The maximum absolute atomic E-state index is 4.34. The van der Waals surface area contributed by atoms with E-state index < -0.39 is 0 Å². The first-order valence-electron chi connectivity index (χ1n) is 5.46. The lowest BCUT2D eigenvalue weighted by atomic mass is 10.0. The summed E-state index contributed by atoms with van der Waals surface area (Å²) in [6.45, 7) is 4.20. The molecule has 1 aromatic carbocycles. The molecule has 4 nitrogen and oxygen atoms in total. The first kappa shape index (κ1) is 11.1. The van der Waals surface area contributed by atoms with Crippen LogP contribution in [0.3, 0.4) is 0 Å². The molecule has 0 bridgehead atoms. The van der Waals surface area contributed by atoms with Crippen LogP contribution in [0, 0.1) is 0 Å². The van der Waals surface area contributed by atoms with Gasteiger partial charge in [-0.25, -0.2) is 5.01 Å². The van der Waals surface area contributed by atoms with Gasteiger partial charge < -0.3 is 0 Å². The third kappa shape index (κ3) is 1.80. The van der Waals surface area contributed by atoms with Crippen molar-refractivity contribution in [3.8, 4) is 0 Å². The number of hydrogen-bond donors (Lipinski definition) is 0. The number of rotatable bonds is 2. The van der Waals surface area contributed by atoms with E-state index in [1.807, 2.05) is 23.2 Å². The van der Waals surface area contributed by atoms with Gasteiger partial charge in [-0.1, -0.05) is 23.4 Å². The van der Waals surface area contributed by atoms with Crippen molar-refractivity contribution in [2.24, 2.45) is 10.3 Å². The summed E-state index contributed by atoms with van der Waals surface area (Å²) in [7, 11) is 4.11. The van der Waals surface area contributed by atoms with Crippen molar-refractivity contribution in [1.82, 2.24) is 4.90 Å². The zero-order valence-corrected chi connectivity index (χ0v) is 10.3. The standard InChI is InChI=1S/C12H18N4/c1-12(2)11(15(3)4)16(14-13-12)10-8-6-5-7-9-10/h5-9,11H,1-4H3. The molecule has 4 heteroatoms. The molecule has 1 atom stereocenters. The molecular weight excluding hydrogens is 200 g/mol. The second kappa shape index (κ2) is 3.87. The molecule has 0 radical (unpaired) electrons. The van der Waals surface area contributed by atoms with Crippen LogP contribution in [0.1, 0.15) is 13.8 Å². The van der Waals surface area contributed by atoms with Crippen LogP contribution in [-0.4, -0.2) is 30.7 Å². The van der Waals surface area contributed by atoms with Crippen molar-refractivity contribution in [1.29, 1.82) is 0 Å². The zero-order chi connectivity index (χ0) is 11.8. The Morgan fingerprint density at radius 2 is 1.81 bits per heavy atom. The molecule has 1 unspecified atom stereocenters. The molecule has 1 aliphatic heterocycles. The summed E-state index contributed by atoms with van der Waals surface area (Å²) in [4.78, 5) is 2.15. The minimum absolute atomic E-state index is 0.162. The maximum atomic E-state index is 4.34. The molecule has 1 heterocycles. The third-order valence-electron chi connectivity index (χ3n) is 2.77. The van der Waals surface area contributed by atoms with Gasteiger partial charge in [0.2, 0.25) is 0 Å². The molecule has 1 aromatic rings. The Balaban J connectivity index is 2.33. The van der Waals surface area contributed by atoms with Gasteiger partial charge in [0.25, 0.3) is 0 Å².